The summed E-state index contributed by atoms with van der Waals surface area (Å²) in [5.41, 5.74) is 0.168. The molecular weight excluding hydrogens is 410 g/mol. The smallest absolute Gasteiger partial charge is 0.357 e. The number of aliphatic hydroxyl groups is 1. The SMILES string of the molecule is CC(=O)COC(=O)C(O)N1C(=O)C[C@@H]1SC=CC(=O)O[C@H]1CCC[C@](C)(C(C)C)C1. The van der Waals surface area contributed by atoms with Crippen LogP contribution in [0.1, 0.15) is 59.8 Å². The summed E-state index contributed by atoms with van der Waals surface area (Å²) < 4.78 is 10.2. The number of carbonyl (C=O) groups excluding carboxylic acids is 4. The summed E-state index contributed by atoms with van der Waals surface area (Å²) in [6.45, 7) is 7.40. The van der Waals surface area contributed by atoms with Crippen molar-refractivity contribution in [3.8, 4) is 0 Å². The van der Waals surface area contributed by atoms with Crippen molar-refractivity contribution in [1.29, 1.82) is 0 Å². The summed E-state index contributed by atoms with van der Waals surface area (Å²) in [4.78, 5) is 47.5. The number of Topliss-reactive ketones (excluding diaryl/α,β-unsaturated/α-hetero) is 1. The average Bonchev–Trinajstić information content (AvgIpc) is 2.65. The van der Waals surface area contributed by atoms with Gasteiger partial charge in [-0.3, -0.25) is 14.5 Å². The Morgan fingerprint density at radius 1 is 1.37 bits per heavy atom. The molecule has 1 N–H and O–H groups in total. The Balaban J connectivity index is 1.81. The monoisotopic (exact) mass is 441 g/mol. The highest BCUT2D eigenvalue weighted by molar-refractivity contribution is 8.02. The van der Waals surface area contributed by atoms with E-state index in [4.69, 9.17) is 4.74 Å². The minimum Gasteiger partial charge on any atom is -0.459 e. The zero-order valence-corrected chi connectivity index (χ0v) is 18.8. The van der Waals surface area contributed by atoms with Crippen LogP contribution >= 0.6 is 11.8 Å². The summed E-state index contributed by atoms with van der Waals surface area (Å²) in [5, 5.41) is 11.0. The Labute approximate surface area is 181 Å². The first-order valence-electron chi connectivity index (χ1n) is 10.2. The van der Waals surface area contributed by atoms with Crippen LogP contribution in [0.15, 0.2) is 11.5 Å². The van der Waals surface area contributed by atoms with Crippen molar-refractivity contribution in [2.75, 3.05) is 6.61 Å². The minimum absolute atomic E-state index is 0.104. The Bertz CT molecular complexity index is 707. The van der Waals surface area contributed by atoms with Gasteiger partial charge in [-0.2, -0.15) is 0 Å². The van der Waals surface area contributed by atoms with E-state index < -0.39 is 36.1 Å². The van der Waals surface area contributed by atoms with Gasteiger partial charge in [0.15, 0.2) is 5.78 Å². The molecule has 2 aliphatic rings. The lowest BCUT2D eigenvalue weighted by Crippen LogP contribution is -2.58. The molecule has 0 aromatic carbocycles. The quantitative estimate of drug-likeness (QED) is 0.330. The van der Waals surface area contributed by atoms with E-state index >= 15 is 0 Å². The molecule has 168 valence electrons. The van der Waals surface area contributed by atoms with Crippen LogP contribution in [0.2, 0.25) is 0 Å². The molecule has 0 aromatic rings. The van der Waals surface area contributed by atoms with Crippen LogP contribution in [0.3, 0.4) is 0 Å². The molecule has 1 unspecified atom stereocenters. The third-order valence-corrected chi connectivity index (χ3v) is 6.93. The summed E-state index contributed by atoms with van der Waals surface area (Å²) in [7, 11) is 0. The second-order valence-corrected chi connectivity index (χ2v) is 9.63. The molecule has 1 heterocycles. The van der Waals surface area contributed by atoms with Crippen molar-refractivity contribution >= 4 is 35.4 Å². The molecule has 8 nitrogen and oxygen atoms in total. The van der Waals surface area contributed by atoms with E-state index in [1.807, 2.05) is 0 Å². The van der Waals surface area contributed by atoms with Crippen LogP contribution in [0.4, 0.5) is 0 Å². The van der Waals surface area contributed by atoms with Crippen molar-refractivity contribution in [1.82, 2.24) is 4.90 Å². The van der Waals surface area contributed by atoms with Gasteiger partial charge >= 0.3 is 11.9 Å². The molecule has 30 heavy (non-hydrogen) atoms. The van der Waals surface area contributed by atoms with Gasteiger partial charge in [-0.25, -0.2) is 9.59 Å². The topological polar surface area (TPSA) is 110 Å². The van der Waals surface area contributed by atoms with Gasteiger partial charge < -0.3 is 14.6 Å². The van der Waals surface area contributed by atoms with Crippen molar-refractivity contribution in [2.45, 2.75) is 77.5 Å². The van der Waals surface area contributed by atoms with E-state index in [-0.39, 0.29) is 23.7 Å². The Hall–Kier alpha value is -1.87. The number of carbonyl (C=O) groups is 4. The predicted octanol–water partition coefficient (Wildman–Crippen LogP) is 2.39. The first-order chi connectivity index (χ1) is 14.0. The van der Waals surface area contributed by atoms with E-state index in [1.54, 1.807) is 0 Å². The van der Waals surface area contributed by atoms with Crippen molar-refractivity contribution in [3.05, 3.63) is 11.5 Å². The summed E-state index contributed by atoms with van der Waals surface area (Å²) in [6, 6.07) is 0. The number of nitrogens with zero attached hydrogens (tertiary/aromatic N) is 1. The third-order valence-electron chi connectivity index (χ3n) is 5.92. The molecule has 9 heteroatoms. The fourth-order valence-electron chi connectivity index (χ4n) is 3.64. The molecule has 1 aliphatic carbocycles. The fraction of sp³-hybridized carbons (Fsp3) is 0.714. The molecule has 2 fully saturated rings. The number of hydrogen-bond donors (Lipinski definition) is 1. The molecule has 0 aromatic heterocycles. The van der Waals surface area contributed by atoms with Gasteiger partial charge in [-0.05, 0) is 49.3 Å². The second-order valence-electron chi connectivity index (χ2n) is 8.55. The highest BCUT2D eigenvalue weighted by atomic mass is 32.2. The first kappa shape index (κ1) is 24.4. The number of β-lactam (4-membered cyclic amide) rings is 1. The van der Waals surface area contributed by atoms with Gasteiger partial charge in [-0.1, -0.05) is 20.8 Å². The molecule has 1 saturated carbocycles. The van der Waals surface area contributed by atoms with Gasteiger partial charge in [-0.15, -0.1) is 11.8 Å². The number of likely N-dealkylation sites (tertiary alicyclic amines) is 1. The van der Waals surface area contributed by atoms with Crippen molar-refractivity contribution in [3.63, 3.8) is 0 Å². The molecule has 4 atom stereocenters. The molecule has 1 saturated heterocycles. The number of amides is 1. The van der Waals surface area contributed by atoms with Crippen molar-refractivity contribution < 1.29 is 33.8 Å². The zero-order chi connectivity index (χ0) is 22.5. The molecule has 0 bridgehead atoms. The highest BCUT2D eigenvalue weighted by Crippen LogP contribution is 2.43. The third kappa shape index (κ3) is 6.31. The molecule has 1 amide bonds. The fourth-order valence-corrected chi connectivity index (χ4v) is 4.62. The van der Waals surface area contributed by atoms with Gasteiger partial charge in [0.05, 0.1) is 11.8 Å². The van der Waals surface area contributed by atoms with E-state index in [9.17, 15) is 24.3 Å². The largest absolute Gasteiger partial charge is 0.459 e. The van der Waals surface area contributed by atoms with Crippen LogP contribution in [-0.2, 0) is 28.7 Å². The van der Waals surface area contributed by atoms with Crippen LogP contribution in [-0.4, -0.2) is 57.9 Å². The maximum Gasteiger partial charge on any atom is 0.357 e. The summed E-state index contributed by atoms with van der Waals surface area (Å²) in [5.74, 6) is -1.77. The van der Waals surface area contributed by atoms with E-state index in [2.05, 4.69) is 25.5 Å². The zero-order valence-electron chi connectivity index (χ0n) is 18.0. The molecular formula is C21H31NO7S. The van der Waals surface area contributed by atoms with E-state index in [0.29, 0.717) is 5.92 Å². The first-order valence-corrected chi connectivity index (χ1v) is 11.2. The highest BCUT2D eigenvalue weighted by Gasteiger charge is 2.44. The van der Waals surface area contributed by atoms with Crippen LogP contribution < -0.4 is 0 Å². The number of ketones is 1. The lowest BCUT2D eigenvalue weighted by Gasteiger charge is -2.41. The Kier molecular flexibility index (Phi) is 8.49. The number of esters is 2. The Morgan fingerprint density at radius 2 is 2.07 bits per heavy atom. The number of thioether (sulfide) groups is 1. The summed E-state index contributed by atoms with van der Waals surface area (Å²) >= 11 is 1.13. The van der Waals surface area contributed by atoms with Gasteiger partial charge in [0, 0.05) is 6.08 Å². The standard InChI is InChI=1S/C21H31NO7S/c1-13(2)21(4)8-5-6-15(11-21)29-18(25)7-9-30-17-10-16(24)22(17)19(26)20(27)28-12-14(3)23/h7,9,13,15,17,19,26H,5-6,8,10-12H2,1-4H3/t15-,17-,19?,21-/m0/s1. The van der Waals surface area contributed by atoms with Crippen molar-refractivity contribution in [2.24, 2.45) is 11.3 Å². The molecule has 0 radical (unpaired) electrons. The predicted molar refractivity (Wildman–Crippen MR) is 111 cm³/mol. The van der Waals surface area contributed by atoms with Gasteiger partial charge in [0.2, 0.25) is 12.1 Å². The van der Waals surface area contributed by atoms with E-state index in [1.165, 1.54) is 18.4 Å². The maximum atomic E-state index is 12.2. The van der Waals surface area contributed by atoms with Crippen LogP contribution in [0, 0.1) is 11.3 Å². The van der Waals surface area contributed by atoms with E-state index in [0.717, 1.165) is 42.3 Å². The molecule has 2 rings (SSSR count). The summed E-state index contributed by atoms with van der Waals surface area (Å²) in [6.07, 6.45) is 3.40. The maximum absolute atomic E-state index is 12.2. The normalized spacial score (nSPS) is 27.7. The number of rotatable bonds is 9. The minimum atomic E-state index is -1.78. The van der Waals surface area contributed by atoms with Crippen LogP contribution in [0.25, 0.3) is 0 Å². The Morgan fingerprint density at radius 3 is 2.67 bits per heavy atom. The number of ether oxygens (including phenoxy) is 2. The lowest BCUT2D eigenvalue weighted by atomic mass is 9.67. The number of aliphatic hydroxyl groups excluding tert-OH is 1. The average molecular weight is 442 g/mol. The van der Waals surface area contributed by atoms with Gasteiger partial charge in [0.1, 0.15) is 12.7 Å². The molecule has 1 aliphatic heterocycles. The van der Waals surface area contributed by atoms with Gasteiger partial charge in [0.25, 0.3) is 0 Å². The number of hydrogen-bond acceptors (Lipinski definition) is 8. The van der Waals surface area contributed by atoms with Crippen LogP contribution in [0.5, 0.6) is 0 Å². The lowest BCUT2D eigenvalue weighted by molar-refractivity contribution is -0.179. The molecule has 0 spiro atoms. The second kappa shape index (κ2) is 10.4.